The van der Waals surface area contributed by atoms with Crippen LogP contribution in [0.4, 0.5) is 4.79 Å². The summed E-state index contributed by atoms with van der Waals surface area (Å²) in [5, 5.41) is 9.76. The Morgan fingerprint density at radius 2 is 1.43 bits per heavy atom. The zero-order valence-corrected chi connectivity index (χ0v) is 20.7. The summed E-state index contributed by atoms with van der Waals surface area (Å²) in [4.78, 5) is 25.6. The Morgan fingerprint density at radius 1 is 1.00 bits per heavy atom. The first-order valence-electron chi connectivity index (χ1n) is 10.6. The van der Waals surface area contributed by atoms with E-state index in [1.54, 1.807) is 20.8 Å². The summed E-state index contributed by atoms with van der Waals surface area (Å²) < 4.78 is 5.38. The smallest absolute Gasteiger partial charge is 0.410 e. The number of rotatable bonds is 14. The molecule has 1 atom stereocenters. The fraction of sp³-hybridized carbons (Fsp3) is 0.905. The second-order valence-electron chi connectivity index (χ2n) is 8.37. The van der Waals surface area contributed by atoms with Crippen LogP contribution in [0.15, 0.2) is 0 Å². The number of carbonyl (C=O) groups excluding carboxylic acids is 1. The summed E-state index contributed by atoms with van der Waals surface area (Å²) >= 11 is 0. The van der Waals surface area contributed by atoms with Gasteiger partial charge >= 0.3 is 12.1 Å². The highest BCUT2D eigenvalue weighted by atomic mass is 33.2. The number of nitrogens with zero attached hydrogens (tertiary/aromatic N) is 1. The van der Waals surface area contributed by atoms with Crippen molar-refractivity contribution in [1.29, 1.82) is 0 Å². The second-order valence-corrected chi connectivity index (χ2v) is 14.9. The van der Waals surface area contributed by atoms with Crippen LogP contribution >= 0.6 is 19.9 Å². The second kappa shape index (κ2) is 13.6. The van der Waals surface area contributed by atoms with E-state index in [9.17, 15) is 14.7 Å². The maximum Gasteiger partial charge on any atom is 0.410 e. The van der Waals surface area contributed by atoms with Crippen LogP contribution in [-0.4, -0.2) is 63.8 Å². The maximum atomic E-state index is 12.4. The van der Waals surface area contributed by atoms with Gasteiger partial charge in [-0.3, -0.25) is 4.90 Å². The highest BCUT2D eigenvalue weighted by Crippen LogP contribution is 2.61. The van der Waals surface area contributed by atoms with Crippen molar-refractivity contribution in [3.8, 4) is 0 Å². The third-order valence-corrected chi connectivity index (χ3v) is 12.0. The first kappa shape index (κ1) is 27.4. The molecule has 0 saturated heterocycles. The first-order valence-corrected chi connectivity index (χ1v) is 14.3. The summed E-state index contributed by atoms with van der Waals surface area (Å²) in [6, 6.07) is -0.864. The lowest BCUT2D eigenvalue weighted by molar-refractivity contribution is -0.141. The Hall–Kier alpha value is -0.560. The molecule has 0 aromatic carbocycles. The zero-order chi connectivity index (χ0) is 21.8. The average molecular weight is 438 g/mol. The molecule has 0 rings (SSSR count). The average Bonchev–Trinajstić information content (AvgIpc) is 2.60. The first-order chi connectivity index (χ1) is 13.0. The predicted molar refractivity (Wildman–Crippen MR) is 125 cm³/mol. The molecule has 1 unspecified atom stereocenters. The molecule has 168 valence electrons. The van der Waals surface area contributed by atoms with Crippen LogP contribution in [0.3, 0.4) is 0 Å². The lowest BCUT2D eigenvalue weighted by Crippen LogP contribution is -2.46. The topological polar surface area (TPSA) is 66.8 Å². The number of carboxylic acids is 1. The van der Waals surface area contributed by atoms with E-state index in [1.165, 1.54) is 48.5 Å². The normalized spacial score (nSPS) is 13.8. The van der Waals surface area contributed by atoms with Crippen molar-refractivity contribution in [1.82, 2.24) is 4.90 Å². The number of likely N-dealkylation sites (N-methyl/N-ethyl adjacent to an activating group) is 1. The Morgan fingerprint density at radius 3 is 1.75 bits per heavy atom. The van der Waals surface area contributed by atoms with E-state index >= 15 is 0 Å². The minimum atomic E-state index is -0.962. The van der Waals surface area contributed by atoms with Crippen molar-refractivity contribution >= 4 is 31.9 Å². The van der Waals surface area contributed by atoms with E-state index in [0.717, 1.165) is 19.3 Å². The molecule has 0 aliphatic heterocycles. The summed E-state index contributed by atoms with van der Waals surface area (Å²) in [5.74, 6) is 3.04. The van der Waals surface area contributed by atoms with Gasteiger partial charge in [-0.15, -0.1) is 10.8 Å². The van der Waals surface area contributed by atoms with Crippen LogP contribution in [0, 0.1) is 0 Å². The highest BCUT2D eigenvalue weighted by Gasteiger charge is 2.33. The Bertz CT molecular complexity index is 444. The molecular formula is C21H43NO4S2. The van der Waals surface area contributed by atoms with Gasteiger partial charge in [0.2, 0.25) is 0 Å². The lowest BCUT2D eigenvalue weighted by Gasteiger charge is -2.41. The molecule has 1 amide bonds. The lowest BCUT2D eigenvalue weighted by atomic mass is 10.2. The van der Waals surface area contributed by atoms with Crippen molar-refractivity contribution in [2.45, 2.75) is 91.7 Å². The number of hydrogen-bond acceptors (Lipinski definition) is 4. The monoisotopic (exact) mass is 437 g/mol. The molecule has 7 heteroatoms. The summed E-state index contributed by atoms with van der Waals surface area (Å²) in [7, 11) is 2.45. The van der Waals surface area contributed by atoms with E-state index in [0.29, 0.717) is 5.75 Å². The molecule has 0 heterocycles. The number of unbranched alkanes of at least 4 members (excludes halogenated alkanes) is 3. The van der Waals surface area contributed by atoms with Gasteiger partial charge in [-0.25, -0.2) is 9.59 Å². The van der Waals surface area contributed by atoms with Gasteiger partial charge in [-0.1, -0.05) is 40.0 Å². The fourth-order valence-electron chi connectivity index (χ4n) is 2.72. The van der Waals surface area contributed by atoms with E-state index in [4.69, 9.17) is 4.74 Å². The molecule has 0 aliphatic rings. The molecule has 28 heavy (non-hydrogen) atoms. The van der Waals surface area contributed by atoms with Gasteiger partial charge in [0.15, 0.2) is 0 Å². The SMILES string of the molecule is CCCCS(CCCC)(CCCC)SCC(C(=O)O)N(C)C(=O)OC(C)(C)C. The molecule has 0 fully saturated rings. The quantitative estimate of drug-likeness (QED) is 0.330. The Balaban J connectivity index is 5.33. The van der Waals surface area contributed by atoms with Gasteiger partial charge in [0, 0.05) is 12.8 Å². The molecule has 0 aromatic rings. The number of hydrogen-bond donors (Lipinski definition) is 1. The van der Waals surface area contributed by atoms with Gasteiger partial charge in [-0.2, -0.15) is 9.06 Å². The van der Waals surface area contributed by atoms with Crippen LogP contribution in [0.5, 0.6) is 0 Å². The highest BCUT2D eigenvalue weighted by molar-refractivity contribution is 8.94. The molecule has 1 N–H and O–H groups in total. The number of ether oxygens (including phenoxy) is 1. The van der Waals surface area contributed by atoms with Crippen molar-refractivity contribution in [3.63, 3.8) is 0 Å². The minimum Gasteiger partial charge on any atom is -0.480 e. The third-order valence-electron chi connectivity index (χ3n) is 4.52. The molecule has 5 nitrogen and oxygen atoms in total. The number of aliphatic carboxylic acids is 1. The van der Waals surface area contributed by atoms with Crippen LogP contribution in [0.25, 0.3) is 0 Å². The van der Waals surface area contributed by atoms with Crippen molar-refractivity contribution in [2.24, 2.45) is 0 Å². The van der Waals surface area contributed by atoms with Crippen molar-refractivity contribution < 1.29 is 19.4 Å². The summed E-state index contributed by atoms with van der Waals surface area (Å²) in [6.07, 6.45) is 6.48. The van der Waals surface area contributed by atoms with Gasteiger partial charge in [0.05, 0.1) is 0 Å². The molecule has 0 spiro atoms. The van der Waals surface area contributed by atoms with Crippen molar-refractivity contribution in [2.75, 3.05) is 30.1 Å². The number of carboxylic acid groups (broad SMARTS) is 1. The maximum absolute atomic E-state index is 12.4. The van der Waals surface area contributed by atoms with Crippen LogP contribution in [0.1, 0.15) is 80.1 Å². The molecule has 0 bridgehead atoms. The summed E-state index contributed by atoms with van der Waals surface area (Å²) in [6.45, 7) is 12.0. The van der Waals surface area contributed by atoms with Gasteiger partial charge in [-0.05, 0) is 57.3 Å². The van der Waals surface area contributed by atoms with Crippen molar-refractivity contribution in [3.05, 3.63) is 0 Å². The Labute approximate surface area is 178 Å². The molecular weight excluding hydrogens is 394 g/mol. The largest absolute Gasteiger partial charge is 0.480 e. The predicted octanol–water partition coefficient (Wildman–Crippen LogP) is 6.16. The van der Waals surface area contributed by atoms with Crippen LogP contribution < -0.4 is 0 Å². The van der Waals surface area contributed by atoms with E-state index in [2.05, 4.69) is 20.8 Å². The number of amides is 1. The van der Waals surface area contributed by atoms with Gasteiger partial charge in [0.1, 0.15) is 11.6 Å². The Kier molecular flexibility index (Phi) is 13.4. The molecule has 0 aromatic heterocycles. The number of carbonyl (C=O) groups is 2. The molecule has 0 saturated carbocycles. The standard InChI is InChI=1S/C21H43NO4S2/c1-8-11-14-28(15-12-9-2,16-13-10-3)27-17-18(19(23)24)22(7)20(25)26-21(4,5)6/h18H,8-17H2,1-7H3,(H,23,24). The van der Waals surface area contributed by atoms with E-state index in [1.807, 2.05) is 10.8 Å². The van der Waals surface area contributed by atoms with Gasteiger partial charge in [0.25, 0.3) is 0 Å². The van der Waals surface area contributed by atoms with Crippen LogP contribution in [-0.2, 0) is 9.53 Å². The molecule has 0 radical (unpaired) electrons. The summed E-state index contributed by atoms with van der Waals surface area (Å²) in [5.41, 5.74) is -0.639. The van der Waals surface area contributed by atoms with E-state index in [-0.39, 0.29) is 0 Å². The third kappa shape index (κ3) is 10.8. The fourth-order valence-corrected chi connectivity index (χ4v) is 10.3. The van der Waals surface area contributed by atoms with E-state index < -0.39 is 32.8 Å². The zero-order valence-electron chi connectivity index (χ0n) is 19.1. The minimum absolute atomic E-state index is 0.428. The van der Waals surface area contributed by atoms with Gasteiger partial charge < -0.3 is 9.84 Å². The molecule has 0 aliphatic carbocycles. The van der Waals surface area contributed by atoms with Crippen LogP contribution in [0.2, 0.25) is 0 Å².